The van der Waals surface area contributed by atoms with Gasteiger partial charge in [-0.15, -0.1) is 0 Å². The molecule has 0 spiro atoms. The number of hydrogen-bond donors (Lipinski definition) is 0. The third-order valence-corrected chi connectivity index (χ3v) is 4.80. The van der Waals surface area contributed by atoms with Crippen molar-refractivity contribution in [2.75, 3.05) is 0 Å². The summed E-state index contributed by atoms with van der Waals surface area (Å²) >= 11 is 0. The predicted octanol–water partition coefficient (Wildman–Crippen LogP) is 5.75. The van der Waals surface area contributed by atoms with Crippen LogP contribution in [0.3, 0.4) is 0 Å². The molecule has 112 valence electrons. The van der Waals surface area contributed by atoms with Crippen molar-refractivity contribution in [1.82, 2.24) is 0 Å². The van der Waals surface area contributed by atoms with E-state index >= 15 is 0 Å². The Morgan fingerprint density at radius 2 is 1.36 bits per heavy atom. The van der Waals surface area contributed by atoms with Crippen molar-refractivity contribution in [1.29, 1.82) is 0 Å². The van der Waals surface area contributed by atoms with Gasteiger partial charge in [0.05, 0.1) is 0 Å². The highest BCUT2D eigenvalue weighted by atomic mass is 14.1. The SMILES string of the molecule is Cc1cc(C)c2c(c1)C=CC2.Cc1ccc2c(c1C)CC=C2. The normalized spacial score (nSPS) is 13.6. The largest absolute Gasteiger partial charge is 0.0795 e. The fourth-order valence-corrected chi connectivity index (χ4v) is 3.39. The fraction of sp³-hybridized carbons (Fsp3) is 0.273. The first-order chi connectivity index (χ1) is 10.6. The van der Waals surface area contributed by atoms with Crippen molar-refractivity contribution in [3.63, 3.8) is 0 Å². The number of hydrogen-bond acceptors (Lipinski definition) is 0. The quantitative estimate of drug-likeness (QED) is 0.579. The zero-order valence-corrected chi connectivity index (χ0v) is 14.0. The summed E-state index contributed by atoms with van der Waals surface area (Å²) in [5, 5.41) is 0. The summed E-state index contributed by atoms with van der Waals surface area (Å²) in [7, 11) is 0. The molecule has 2 aliphatic rings. The second kappa shape index (κ2) is 5.96. The van der Waals surface area contributed by atoms with Crippen molar-refractivity contribution >= 4 is 12.2 Å². The van der Waals surface area contributed by atoms with Gasteiger partial charge in [-0.25, -0.2) is 0 Å². The molecule has 0 N–H and O–H groups in total. The molecule has 0 aliphatic heterocycles. The van der Waals surface area contributed by atoms with Crippen molar-refractivity contribution < 1.29 is 0 Å². The molecule has 0 nitrogen and oxygen atoms in total. The van der Waals surface area contributed by atoms with E-state index in [2.05, 4.69) is 76.3 Å². The maximum absolute atomic E-state index is 2.26. The van der Waals surface area contributed by atoms with Gasteiger partial charge in [0.15, 0.2) is 0 Å². The fourth-order valence-electron chi connectivity index (χ4n) is 3.39. The van der Waals surface area contributed by atoms with E-state index in [1.807, 2.05) is 0 Å². The standard InChI is InChI=1S/2C11H12/c1-8-6-9(2)11-5-3-4-10(11)7-8;1-8-6-7-10-4-3-5-11(10)9(8)2/h2*3-4,6-7H,5H2,1-2H3. The average molecular weight is 288 g/mol. The Kier molecular flexibility index (Phi) is 4.02. The van der Waals surface area contributed by atoms with Gasteiger partial charge in [-0.05, 0) is 79.5 Å². The van der Waals surface area contributed by atoms with E-state index in [0.29, 0.717) is 0 Å². The molecule has 0 heterocycles. The summed E-state index contributed by atoms with van der Waals surface area (Å²) in [6.07, 6.45) is 11.1. The Labute approximate surface area is 134 Å². The number of benzene rings is 2. The van der Waals surface area contributed by atoms with Crippen LogP contribution in [0, 0.1) is 27.7 Å². The third kappa shape index (κ3) is 2.78. The van der Waals surface area contributed by atoms with E-state index in [0.717, 1.165) is 12.8 Å². The first kappa shape index (κ1) is 14.8. The van der Waals surface area contributed by atoms with Gasteiger partial charge in [0.2, 0.25) is 0 Å². The van der Waals surface area contributed by atoms with Gasteiger partial charge in [0.1, 0.15) is 0 Å². The molecule has 0 fully saturated rings. The lowest BCUT2D eigenvalue weighted by Crippen LogP contribution is -1.90. The minimum Gasteiger partial charge on any atom is -0.0795 e. The lowest BCUT2D eigenvalue weighted by atomic mass is 9.99. The van der Waals surface area contributed by atoms with Gasteiger partial charge in [0, 0.05) is 0 Å². The second-order valence-electron chi connectivity index (χ2n) is 6.44. The van der Waals surface area contributed by atoms with Crippen LogP contribution in [0.15, 0.2) is 36.4 Å². The van der Waals surface area contributed by atoms with Crippen LogP contribution < -0.4 is 0 Å². The maximum Gasteiger partial charge on any atom is -0.00854 e. The molecule has 0 bridgehead atoms. The topological polar surface area (TPSA) is 0 Å². The molecule has 22 heavy (non-hydrogen) atoms. The molecule has 0 aromatic heterocycles. The first-order valence-corrected chi connectivity index (χ1v) is 8.08. The van der Waals surface area contributed by atoms with Crippen molar-refractivity contribution in [2.24, 2.45) is 0 Å². The molecule has 2 aromatic carbocycles. The average Bonchev–Trinajstić information content (AvgIpc) is 3.12. The lowest BCUT2D eigenvalue weighted by Gasteiger charge is -2.06. The van der Waals surface area contributed by atoms with Gasteiger partial charge in [-0.1, -0.05) is 54.1 Å². The van der Waals surface area contributed by atoms with E-state index in [9.17, 15) is 0 Å². The number of allylic oxidation sites excluding steroid dienone is 2. The molecular weight excluding hydrogens is 264 g/mol. The highest BCUT2D eigenvalue weighted by Crippen LogP contribution is 2.25. The second-order valence-corrected chi connectivity index (χ2v) is 6.44. The van der Waals surface area contributed by atoms with Gasteiger partial charge >= 0.3 is 0 Å². The van der Waals surface area contributed by atoms with E-state index < -0.39 is 0 Å². The Balaban J connectivity index is 0.000000131. The van der Waals surface area contributed by atoms with Crippen LogP contribution in [0.1, 0.15) is 44.5 Å². The Morgan fingerprint density at radius 3 is 2.14 bits per heavy atom. The summed E-state index contributed by atoms with van der Waals surface area (Å²) in [5.41, 5.74) is 11.5. The molecule has 0 unspecified atom stereocenters. The van der Waals surface area contributed by atoms with Crippen LogP contribution in [0.4, 0.5) is 0 Å². The van der Waals surface area contributed by atoms with E-state index in [1.165, 1.54) is 44.5 Å². The number of fused-ring (bicyclic) bond motifs is 2. The molecule has 0 saturated carbocycles. The predicted molar refractivity (Wildman–Crippen MR) is 97.3 cm³/mol. The molecule has 0 atom stereocenters. The molecule has 0 saturated heterocycles. The lowest BCUT2D eigenvalue weighted by molar-refractivity contribution is 1.20. The van der Waals surface area contributed by atoms with Crippen LogP contribution in [-0.2, 0) is 12.8 Å². The highest BCUT2D eigenvalue weighted by Gasteiger charge is 2.08. The van der Waals surface area contributed by atoms with Crippen LogP contribution in [0.5, 0.6) is 0 Å². The van der Waals surface area contributed by atoms with E-state index in [4.69, 9.17) is 0 Å². The molecule has 2 aliphatic carbocycles. The van der Waals surface area contributed by atoms with Gasteiger partial charge in [0.25, 0.3) is 0 Å². The molecule has 2 aromatic rings. The van der Waals surface area contributed by atoms with Gasteiger partial charge in [-0.3, -0.25) is 0 Å². The minimum atomic E-state index is 1.13. The van der Waals surface area contributed by atoms with Crippen molar-refractivity contribution in [3.05, 3.63) is 80.9 Å². The summed E-state index contributed by atoms with van der Waals surface area (Å²) in [6.45, 7) is 8.73. The van der Waals surface area contributed by atoms with Gasteiger partial charge in [-0.2, -0.15) is 0 Å². The Hall–Kier alpha value is -2.08. The van der Waals surface area contributed by atoms with Crippen LogP contribution in [-0.4, -0.2) is 0 Å². The molecule has 0 heteroatoms. The molecule has 4 rings (SSSR count). The van der Waals surface area contributed by atoms with Crippen LogP contribution in [0.25, 0.3) is 12.2 Å². The van der Waals surface area contributed by atoms with E-state index in [1.54, 1.807) is 0 Å². The Morgan fingerprint density at radius 1 is 0.682 bits per heavy atom. The van der Waals surface area contributed by atoms with Crippen LogP contribution >= 0.6 is 0 Å². The molecular formula is C22H24. The Bertz CT molecular complexity index is 773. The molecule has 0 radical (unpaired) electrons. The summed E-state index contributed by atoms with van der Waals surface area (Å²) in [5.74, 6) is 0. The highest BCUT2D eigenvalue weighted by molar-refractivity contribution is 5.63. The zero-order chi connectivity index (χ0) is 15.7. The van der Waals surface area contributed by atoms with Crippen molar-refractivity contribution in [3.8, 4) is 0 Å². The smallest absolute Gasteiger partial charge is 0.00854 e. The summed E-state index contributed by atoms with van der Waals surface area (Å²) in [4.78, 5) is 0. The minimum absolute atomic E-state index is 1.13. The maximum atomic E-state index is 2.26. The summed E-state index contributed by atoms with van der Waals surface area (Å²) in [6, 6.07) is 8.92. The van der Waals surface area contributed by atoms with Gasteiger partial charge < -0.3 is 0 Å². The molecule has 0 amide bonds. The number of rotatable bonds is 0. The van der Waals surface area contributed by atoms with Crippen LogP contribution in [0.2, 0.25) is 0 Å². The first-order valence-electron chi connectivity index (χ1n) is 8.08. The number of aryl methyl sites for hydroxylation is 3. The zero-order valence-electron chi connectivity index (χ0n) is 14.0. The third-order valence-electron chi connectivity index (χ3n) is 4.80. The van der Waals surface area contributed by atoms with Crippen molar-refractivity contribution in [2.45, 2.75) is 40.5 Å². The van der Waals surface area contributed by atoms with E-state index in [-0.39, 0.29) is 0 Å². The monoisotopic (exact) mass is 288 g/mol. The summed E-state index contributed by atoms with van der Waals surface area (Å²) < 4.78 is 0.